The predicted molar refractivity (Wildman–Crippen MR) is 67.5 cm³/mol. The molecule has 0 aromatic rings. The first kappa shape index (κ1) is 15.3. The van der Waals surface area contributed by atoms with E-state index in [0.29, 0.717) is 25.0 Å². The Balaban J connectivity index is 3.38. The van der Waals surface area contributed by atoms with Gasteiger partial charge < -0.3 is 4.79 Å². The van der Waals surface area contributed by atoms with Gasteiger partial charge in [0.25, 0.3) is 0 Å². The van der Waals surface area contributed by atoms with Crippen LogP contribution in [0.4, 0.5) is 0 Å². The van der Waals surface area contributed by atoms with Crippen molar-refractivity contribution in [1.82, 2.24) is 0 Å². The number of carbonyl (C=O) groups excluding carboxylic acids is 2. The highest BCUT2D eigenvalue weighted by Crippen LogP contribution is 2.20. The van der Waals surface area contributed by atoms with Crippen molar-refractivity contribution in [3.05, 3.63) is 0 Å². The van der Waals surface area contributed by atoms with Gasteiger partial charge in [0.2, 0.25) is 0 Å². The van der Waals surface area contributed by atoms with Crippen molar-refractivity contribution in [2.45, 2.75) is 72.6 Å². The molecule has 0 spiro atoms. The van der Waals surface area contributed by atoms with Gasteiger partial charge in [0.1, 0.15) is 11.6 Å². The van der Waals surface area contributed by atoms with Crippen molar-refractivity contribution in [3.63, 3.8) is 0 Å². The predicted octanol–water partition coefficient (Wildman–Crippen LogP) is 3.92. The van der Waals surface area contributed by atoms with Crippen LogP contribution in [0.15, 0.2) is 0 Å². The molecule has 0 aliphatic heterocycles. The second-order valence-corrected chi connectivity index (χ2v) is 5.89. The lowest BCUT2D eigenvalue weighted by Crippen LogP contribution is -2.12. The molecule has 94 valence electrons. The number of rotatable bonds is 8. The van der Waals surface area contributed by atoms with E-state index in [1.54, 1.807) is 6.92 Å². The van der Waals surface area contributed by atoms with Gasteiger partial charge in [0.15, 0.2) is 0 Å². The number of carbonyl (C=O) groups is 2. The number of hydrogen-bond acceptors (Lipinski definition) is 2. The number of ketones is 2. The Labute approximate surface area is 99.8 Å². The summed E-state index contributed by atoms with van der Waals surface area (Å²) in [5.74, 6) is 0.642. The molecule has 0 saturated carbocycles. The Morgan fingerprint density at radius 1 is 0.875 bits per heavy atom. The third-order valence-corrected chi connectivity index (χ3v) is 2.46. The number of unbranched alkanes of at least 4 members (excludes halogenated alkanes) is 3. The fourth-order valence-electron chi connectivity index (χ4n) is 1.73. The fraction of sp³-hybridized carbons (Fsp3) is 0.857. The van der Waals surface area contributed by atoms with Crippen LogP contribution in [0.3, 0.4) is 0 Å². The van der Waals surface area contributed by atoms with Gasteiger partial charge in [-0.2, -0.15) is 0 Å². The van der Waals surface area contributed by atoms with Gasteiger partial charge in [-0.05, 0) is 25.2 Å². The Hall–Kier alpha value is -0.660. The molecule has 0 radical (unpaired) electrons. The molecule has 0 N–H and O–H groups in total. The molecule has 0 aliphatic carbocycles. The average molecular weight is 226 g/mol. The van der Waals surface area contributed by atoms with E-state index < -0.39 is 0 Å². The van der Waals surface area contributed by atoms with Gasteiger partial charge in [0, 0.05) is 19.3 Å². The zero-order chi connectivity index (χ0) is 12.6. The highest BCUT2D eigenvalue weighted by molar-refractivity contribution is 5.78. The average Bonchev–Trinajstić information content (AvgIpc) is 2.07. The molecule has 0 aromatic carbocycles. The Morgan fingerprint density at radius 2 is 1.38 bits per heavy atom. The summed E-state index contributed by atoms with van der Waals surface area (Å²) in [4.78, 5) is 22.2. The second-order valence-electron chi connectivity index (χ2n) is 5.89. The fourth-order valence-corrected chi connectivity index (χ4v) is 1.73. The van der Waals surface area contributed by atoms with E-state index in [4.69, 9.17) is 0 Å². The van der Waals surface area contributed by atoms with E-state index in [1.165, 1.54) is 0 Å². The summed E-state index contributed by atoms with van der Waals surface area (Å²) >= 11 is 0. The van der Waals surface area contributed by atoms with Crippen LogP contribution >= 0.6 is 0 Å². The molecule has 0 heterocycles. The van der Waals surface area contributed by atoms with Crippen LogP contribution in [0.5, 0.6) is 0 Å². The minimum atomic E-state index is 0.117. The molecular formula is C14H26O2. The zero-order valence-electron chi connectivity index (χ0n) is 11.3. The molecule has 2 heteroatoms. The summed E-state index contributed by atoms with van der Waals surface area (Å²) in [7, 11) is 0. The number of hydrogen-bond donors (Lipinski definition) is 0. The lowest BCUT2D eigenvalue weighted by Gasteiger charge is -2.16. The monoisotopic (exact) mass is 226 g/mol. The van der Waals surface area contributed by atoms with Crippen LogP contribution in [0.2, 0.25) is 0 Å². The Morgan fingerprint density at radius 3 is 1.81 bits per heavy atom. The lowest BCUT2D eigenvalue weighted by atomic mass is 9.88. The third kappa shape index (κ3) is 11.4. The molecule has 0 fully saturated rings. The maximum absolute atomic E-state index is 11.5. The van der Waals surface area contributed by atoms with Crippen molar-refractivity contribution in [2.75, 3.05) is 0 Å². The summed E-state index contributed by atoms with van der Waals surface area (Å²) < 4.78 is 0. The van der Waals surface area contributed by atoms with Gasteiger partial charge >= 0.3 is 0 Å². The molecule has 0 rings (SSSR count). The minimum absolute atomic E-state index is 0.117. The molecular weight excluding hydrogens is 200 g/mol. The van der Waals surface area contributed by atoms with Crippen LogP contribution in [0, 0.1) is 5.41 Å². The molecule has 16 heavy (non-hydrogen) atoms. The van der Waals surface area contributed by atoms with Crippen molar-refractivity contribution in [3.8, 4) is 0 Å². The molecule has 0 aliphatic rings. The van der Waals surface area contributed by atoms with E-state index in [9.17, 15) is 9.59 Å². The van der Waals surface area contributed by atoms with Crippen LogP contribution in [-0.4, -0.2) is 11.6 Å². The molecule has 2 nitrogen and oxygen atoms in total. The highest BCUT2D eigenvalue weighted by Gasteiger charge is 2.15. The largest absolute Gasteiger partial charge is 0.300 e. The third-order valence-electron chi connectivity index (χ3n) is 2.46. The van der Waals surface area contributed by atoms with Gasteiger partial charge in [0.05, 0.1) is 0 Å². The lowest BCUT2D eigenvalue weighted by molar-refractivity contribution is -0.121. The van der Waals surface area contributed by atoms with E-state index >= 15 is 0 Å². The van der Waals surface area contributed by atoms with Gasteiger partial charge in [-0.15, -0.1) is 0 Å². The molecule has 0 unspecified atom stereocenters. The van der Waals surface area contributed by atoms with E-state index in [0.717, 1.165) is 25.7 Å². The van der Waals surface area contributed by atoms with Crippen molar-refractivity contribution in [1.29, 1.82) is 0 Å². The van der Waals surface area contributed by atoms with E-state index in [-0.39, 0.29) is 11.2 Å². The second kappa shape index (κ2) is 7.59. The van der Waals surface area contributed by atoms with Crippen LogP contribution in [0.25, 0.3) is 0 Å². The van der Waals surface area contributed by atoms with Crippen molar-refractivity contribution < 1.29 is 9.59 Å². The van der Waals surface area contributed by atoms with Gasteiger partial charge in [-0.25, -0.2) is 0 Å². The SMILES string of the molecule is CC(=O)CCCCCCC(=O)CC(C)(C)C. The zero-order valence-corrected chi connectivity index (χ0v) is 11.3. The van der Waals surface area contributed by atoms with Crippen LogP contribution < -0.4 is 0 Å². The van der Waals surface area contributed by atoms with Crippen molar-refractivity contribution >= 4 is 11.6 Å². The molecule has 0 amide bonds. The summed E-state index contributed by atoms with van der Waals surface area (Å²) in [6, 6.07) is 0. The topological polar surface area (TPSA) is 34.1 Å². The Bertz CT molecular complexity index is 223. The van der Waals surface area contributed by atoms with Crippen LogP contribution in [-0.2, 0) is 9.59 Å². The summed E-state index contributed by atoms with van der Waals surface area (Å²) in [5, 5.41) is 0. The minimum Gasteiger partial charge on any atom is -0.300 e. The van der Waals surface area contributed by atoms with Gasteiger partial charge in [-0.1, -0.05) is 33.6 Å². The number of Topliss-reactive ketones (excluding diaryl/α,β-unsaturated/α-hetero) is 2. The van der Waals surface area contributed by atoms with Gasteiger partial charge in [-0.3, -0.25) is 4.79 Å². The van der Waals surface area contributed by atoms with E-state index in [2.05, 4.69) is 20.8 Å². The first-order valence-electron chi connectivity index (χ1n) is 6.32. The highest BCUT2D eigenvalue weighted by atomic mass is 16.1. The normalized spacial score (nSPS) is 11.5. The molecule has 0 bridgehead atoms. The summed E-state index contributed by atoms with van der Waals surface area (Å²) in [6.07, 6.45) is 6.18. The maximum atomic E-state index is 11.5. The first-order valence-corrected chi connectivity index (χ1v) is 6.32. The van der Waals surface area contributed by atoms with Crippen LogP contribution in [0.1, 0.15) is 72.6 Å². The quantitative estimate of drug-likeness (QED) is 0.588. The smallest absolute Gasteiger partial charge is 0.133 e. The molecule has 0 atom stereocenters. The summed E-state index contributed by atoms with van der Waals surface area (Å²) in [6.45, 7) is 7.92. The summed E-state index contributed by atoms with van der Waals surface area (Å²) in [5.41, 5.74) is 0.117. The standard InChI is InChI=1S/C14H26O2/c1-12(15)9-7-5-6-8-10-13(16)11-14(2,3)4/h5-11H2,1-4H3. The maximum Gasteiger partial charge on any atom is 0.133 e. The first-order chi connectivity index (χ1) is 7.31. The molecule has 0 aromatic heterocycles. The molecule has 0 saturated heterocycles. The van der Waals surface area contributed by atoms with E-state index in [1.807, 2.05) is 0 Å². The Kier molecular flexibility index (Phi) is 7.27. The van der Waals surface area contributed by atoms with Crippen molar-refractivity contribution in [2.24, 2.45) is 5.41 Å².